The highest BCUT2D eigenvalue weighted by Gasteiger charge is 2.41. The Morgan fingerprint density at radius 2 is 1.40 bits per heavy atom. The lowest BCUT2D eigenvalue weighted by Crippen LogP contribution is -2.40. The van der Waals surface area contributed by atoms with Gasteiger partial charge in [-0.05, 0) is 11.3 Å². The largest absolute Gasteiger partial charge is 0.453 e. The van der Waals surface area contributed by atoms with Gasteiger partial charge >= 0.3 is 0 Å². The summed E-state index contributed by atoms with van der Waals surface area (Å²) in [5.74, 6) is -0.166. The Balaban J connectivity index is 1.82. The van der Waals surface area contributed by atoms with Gasteiger partial charge < -0.3 is 9.47 Å². The number of fused-ring (bicyclic) bond motifs is 1. The normalized spacial score (nSPS) is 15.5. The predicted molar refractivity (Wildman–Crippen MR) is 104 cm³/mol. The zero-order valence-corrected chi connectivity index (χ0v) is 16.0. The van der Waals surface area contributed by atoms with Gasteiger partial charge in [-0.15, -0.1) is 22.2 Å². The van der Waals surface area contributed by atoms with Gasteiger partial charge in [0.25, 0.3) is 13.2 Å². The Labute approximate surface area is 157 Å². The molecule has 2 nitrogen and oxygen atoms in total. The van der Waals surface area contributed by atoms with Crippen LogP contribution in [0.4, 0.5) is 0 Å². The lowest BCUT2D eigenvalue weighted by molar-refractivity contribution is -0.184. The van der Waals surface area contributed by atoms with E-state index in [1.54, 1.807) is 0 Å². The first kappa shape index (κ1) is 16.7. The summed E-state index contributed by atoms with van der Waals surface area (Å²) >= 11 is 12.2. The topological polar surface area (TPSA) is 18.5 Å². The van der Waals surface area contributed by atoms with Crippen molar-refractivity contribution in [3.63, 3.8) is 0 Å². The molecule has 0 aliphatic carbocycles. The summed E-state index contributed by atoms with van der Waals surface area (Å²) in [7, 11) is -1.90. The standard InChI is InChI=1S/C20H16Cl2O2Si/c21-25(22)18-11-12-19-15(13-18)14-23-20(24-19,16-7-3-1-4-8-16)17-9-5-2-6-10-17/h1-13,25H,14H2. The molecule has 1 aliphatic rings. The third-order valence-corrected chi connectivity index (χ3v) is 6.70. The van der Waals surface area contributed by atoms with Crippen molar-refractivity contribution in [1.82, 2.24) is 0 Å². The number of ether oxygens (including phenoxy) is 2. The molecule has 25 heavy (non-hydrogen) atoms. The average molecular weight is 387 g/mol. The molecule has 126 valence electrons. The van der Waals surface area contributed by atoms with Crippen LogP contribution in [0.2, 0.25) is 0 Å². The van der Waals surface area contributed by atoms with Crippen LogP contribution < -0.4 is 9.92 Å². The van der Waals surface area contributed by atoms with Crippen LogP contribution in [-0.4, -0.2) is 7.42 Å². The van der Waals surface area contributed by atoms with Gasteiger partial charge in [0.2, 0.25) is 0 Å². The minimum absolute atomic E-state index is 0.432. The summed E-state index contributed by atoms with van der Waals surface area (Å²) in [6, 6.07) is 25.9. The summed E-state index contributed by atoms with van der Waals surface area (Å²) in [6.45, 7) is 0.432. The second-order valence-corrected chi connectivity index (χ2v) is 10.5. The van der Waals surface area contributed by atoms with Crippen LogP contribution in [0.15, 0.2) is 78.9 Å². The van der Waals surface area contributed by atoms with Gasteiger partial charge in [0.05, 0.1) is 6.61 Å². The van der Waals surface area contributed by atoms with E-state index in [0.29, 0.717) is 6.61 Å². The molecule has 0 fully saturated rings. The summed E-state index contributed by atoms with van der Waals surface area (Å²) in [4.78, 5) is 0. The fourth-order valence-electron chi connectivity index (χ4n) is 3.08. The van der Waals surface area contributed by atoms with Gasteiger partial charge in [0, 0.05) is 16.7 Å². The smallest absolute Gasteiger partial charge is 0.266 e. The summed E-state index contributed by atoms with van der Waals surface area (Å²) in [5.41, 5.74) is 2.88. The Kier molecular flexibility index (Phi) is 4.57. The maximum atomic E-state index is 6.43. The van der Waals surface area contributed by atoms with Gasteiger partial charge in [-0.3, -0.25) is 0 Å². The van der Waals surface area contributed by atoms with E-state index >= 15 is 0 Å². The lowest BCUT2D eigenvalue weighted by Gasteiger charge is -2.39. The van der Waals surface area contributed by atoms with Gasteiger partial charge in [0.1, 0.15) is 5.75 Å². The number of halogens is 2. The molecule has 1 aliphatic heterocycles. The zero-order valence-electron chi connectivity index (χ0n) is 13.4. The van der Waals surface area contributed by atoms with Crippen molar-refractivity contribution in [2.45, 2.75) is 12.4 Å². The quantitative estimate of drug-likeness (QED) is 0.490. The summed E-state index contributed by atoms with van der Waals surface area (Å²) in [5, 5.41) is 0.973. The summed E-state index contributed by atoms with van der Waals surface area (Å²) < 4.78 is 12.7. The molecule has 0 atom stereocenters. The van der Waals surface area contributed by atoms with Crippen molar-refractivity contribution in [2.24, 2.45) is 0 Å². The number of benzene rings is 3. The molecule has 5 heteroatoms. The van der Waals surface area contributed by atoms with E-state index in [-0.39, 0.29) is 0 Å². The highest BCUT2D eigenvalue weighted by atomic mass is 35.7. The molecule has 0 radical (unpaired) electrons. The Morgan fingerprint density at radius 3 is 1.96 bits per heavy atom. The van der Waals surface area contributed by atoms with Gasteiger partial charge in [0.15, 0.2) is 0 Å². The Morgan fingerprint density at radius 1 is 0.800 bits per heavy atom. The molecule has 3 aromatic carbocycles. The predicted octanol–water partition coefficient (Wildman–Crippen LogP) is 4.40. The van der Waals surface area contributed by atoms with E-state index in [2.05, 4.69) is 0 Å². The molecule has 3 aromatic rings. The fourth-order valence-corrected chi connectivity index (χ4v) is 4.46. The number of rotatable bonds is 3. The molecular weight excluding hydrogens is 371 g/mol. The number of hydrogen-bond donors (Lipinski definition) is 0. The van der Waals surface area contributed by atoms with E-state index in [1.165, 1.54) is 0 Å². The van der Waals surface area contributed by atoms with Gasteiger partial charge in [-0.25, -0.2) is 0 Å². The minimum atomic E-state index is -1.90. The van der Waals surface area contributed by atoms with Crippen molar-refractivity contribution in [1.29, 1.82) is 0 Å². The first-order chi connectivity index (χ1) is 12.2. The van der Waals surface area contributed by atoms with Crippen molar-refractivity contribution in [2.75, 3.05) is 0 Å². The van der Waals surface area contributed by atoms with E-state index in [9.17, 15) is 0 Å². The van der Waals surface area contributed by atoms with Crippen molar-refractivity contribution in [3.05, 3.63) is 95.6 Å². The minimum Gasteiger partial charge on any atom is -0.453 e. The first-order valence-electron chi connectivity index (χ1n) is 8.04. The van der Waals surface area contributed by atoms with Crippen LogP contribution in [0.25, 0.3) is 0 Å². The SMILES string of the molecule is Cl[SiH](Cl)c1ccc2c(c1)COC(c1ccccc1)(c1ccccc1)O2. The lowest BCUT2D eigenvalue weighted by atomic mass is 9.95. The van der Waals surface area contributed by atoms with E-state index < -0.39 is 13.2 Å². The van der Waals surface area contributed by atoms with Crippen molar-refractivity contribution < 1.29 is 9.47 Å². The van der Waals surface area contributed by atoms with Crippen LogP contribution in [-0.2, 0) is 17.1 Å². The molecule has 0 saturated heterocycles. The first-order valence-corrected chi connectivity index (χ1v) is 12.1. The van der Waals surface area contributed by atoms with Crippen LogP contribution in [0.1, 0.15) is 16.7 Å². The highest BCUT2D eigenvalue weighted by Crippen LogP contribution is 2.41. The molecule has 0 spiro atoms. The second-order valence-electron chi connectivity index (χ2n) is 5.91. The summed E-state index contributed by atoms with van der Waals surface area (Å²) in [6.07, 6.45) is 0. The van der Waals surface area contributed by atoms with Crippen molar-refractivity contribution in [3.8, 4) is 5.75 Å². The van der Waals surface area contributed by atoms with Crippen LogP contribution in [0, 0.1) is 0 Å². The zero-order chi connectivity index (χ0) is 17.3. The molecule has 0 unspecified atom stereocenters. The van der Waals surface area contributed by atoms with Crippen molar-refractivity contribution >= 4 is 34.8 Å². The van der Waals surface area contributed by atoms with E-state index in [1.807, 2.05) is 78.9 Å². The van der Waals surface area contributed by atoms with Crippen LogP contribution in [0.5, 0.6) is 5.75 Å². The maximum absolute atomic E-state index is 6.43. The van der Waals surface area contributed by atoms with E-state index in [0.717, 1.165) is 27.6 Å². The van der Waals surface area contributed by atoms with E-state index in [4.69, 9.17) is 31.6 Å². The number of hydrogen-bond acceptors (Lipinski definition) is 2. The molecule has 0 saturated carbocycles. The molecular formula is C20H16Cl2O2Si. The maximum Gasteiger partial charge on any atom is 0.266 e. The van der Waals surface area contributed by atoms with Gasteiger partial charge in [-0.1, -0.05) is 72.8 Å². The third kappa shape index (κ3) is 3.09. The fraction of sp³-hybridized carbons (Fsp3) is 0.100. The van der Waals surface area contributed by atoms with Crippen LogP contribution >= 0.6 is 22.2 Å². The molecule has 0 N–H and O–H groups in total. The molecule has 0 aromatic heterocycles. The Hall–Kier alpha value is -1.78. The Bertz CT molecular complexity index is 830. The monoisotopic (exact) mass is 386 g/mol. The van der Waals surface area contributed by atoms with Gasteiger partial charge in [-0.2, -0.15) is 0 Å². The third-order valence-electron chi connectivity index (χ3n) is 4.33. The average Bonchev–Trinajstić information content (AvgIpc) is 2.68. The molecule has 4 rings (SSSR count). The second kappa shape index (κ2) is 6.85. The molecule has 1 heterocycles. The molecule has 0 amide bonds. The van der Waals surface area contributed by atoms with Crippen LogP contribution in [0.3, 0.4) is 0 Å². The highest BCUT2D eigenvalue weighted by molar-refractivity contribution is 7.39. The molecule has 0 bridgehead atoms.